The van der Waals surface area contributed by atoms with Gasteiger partial charge in [-0.2, -0.15) is 0 Å². The number of amides is 1. The van der Waals surface area contributed by atoms with Gasteiger partial charge in [0, 0.05) is 17.2 Å². The van der Waals surface area contributed by atoms with Gasteiger partial charge in [-0.3, -0.25) is 4.79 Å². The van der Waals surface area contributed by atoms with Crippen LogP contribution < -0.4 is 5.32 Å². The second-order valence-corrected chi connectivity index (χ2v) is 4.99. The van der Waals surface area contributed by atoms with Gasteiger partial charge in [-0.25, -0.2) is 0 Å². The number of rotatable bonds is 2. The molecule has 0 spiro atoms. The molecule has 1 aromatic rings. The van der Waals surface area contributed by atoms with Crippen LogP contribution in [0, 0.1) is 17.8 Å². The predicted molar refractivity (Wildman–Crippen MR) is 77.6 cm³/mol. The summed E-state index contributed by atoms with van der Waals surface area (Å²) in [5, 5.41) is 12.1. The molecule has 1 aliphatic rings. The number of halogens is 1. The van der Waals surface area contributed by atoms with Gasteiger partial charge in [0.1, 0.15) is 6.61 Å². The molecular weight excluding hydrogens is 278 g/mol. The fraction of sp³-hybridized carbons (Fsp3) is 0.400. The van der Waals surface area contributed by atoms with E-state index in [0.717, 1.165) is 12.8 Å². The predicted octanol–water partition coefficient (Wildman–Crippen LogP) is 2.05. The van der Waals surface area contributed by atoms with Gasteiger partial charge in [-0.05, 0) is 31.0 Å². The molecule has 1 heterocycles. The molecule has 1 fully saturated rings. The third-order valence-corrected chi connectivity index (χ3v) is 3.31. The number of hydrogen-bond acceptors (Lipinski definition) is 3. The Hall–Kier alpha value is -1.54. The minimum absolute atomic E-state index is 0.0842. The van der Waals surface area contributed by atoms with Crippen LogP contribution in [-0.2, 0) is 9.53 Å². The highest BCUT2D eigenvalue weighted by Gasteiger charge is 2.22. The molecule has 1 unspecified atom stereocenters. The van der Waals surface area contributed by atoms with Crippen molar-refractivity contribution in [3.63, 3.8) is 0 Å². The summed E-state index contributed by atoms with van der Waals surface area (Å²) in [4.78, 5) is 12.2. The summed E-state index contributed by atoms with van der Waals surface area (Å²) in [6.45, 7) is 0.935. The Morgan fingerprint density at radius 1 is 1.55 bits per heavy atom. The minimum Gasteiger partial charge on any atom is -0.384 e. The quantitative estimate of drug-likeness (QED) is 0.821. The van der Waals surface area contributed by atoms with Crippen LogP contribution in [0.25, 0.3) is 0 Å². The fourth-order valence-corrected chi connectivity index (χ4v) is 2.22. The van der Waals surface area contributed by atoms with Gasteiger partial charge < -0.3 is 15.2 Å². The average Bonchev–Trinajstić information content (AvgIpc) is 2.47. The van der Waals surface area contributed by atoms with E-state index in [1.807, 2.05) is 0 Å². The number of carbonyl (C=O) groups is 1. The van der Waals surface area contributed by atoms with E-state index in [0.29, 0.717) is 29.5 Å². The van der Waals surface area contributed by atoms with Crippen LogP contribution in [0.5, 0.6) is 0 Å². The number of hydrogen-bond donors (Lipinski definition) is 2. The van der Waals surface area contributed by atoms with Crippen LogP contribution in [0.1, 0.15) is 18.4 Å². The minimum atomic E-state index is -0.230. The number of ether oxygens (including phenoxy) is 1. The van der Waals surface area contributed by atoms with Crippen molar-refractivity contribution < 1.29 is 14.6 Å². The third kappa shape index (κ3) is 3.97. The topological polar surface area (TPSA) is 58.6 Å². The molecule has 0 aliphatic carbocycles. The van der Waals surface area contributed by atoms with Crippen LogP contribution in [0.2, 0.25) is 5.02 Å². The first-order valence-electron chi connectivity index (χ1n) is 6.48. The summed E-state index contributed by atoms with van der Waals surface area (Å²) < 4.78 is 5.31. The van der Waals surface area contributed by atoms with E-state index in [9.17, 15) is 4.79 Å². The van der Waals surface area contributed by atoms with E-state index < -0.39 is 0 Å². The Bertz CT molecular complexity index is 542. The smallest absolute Gasteiger partial charge is 0.229 e. The molecule has 1 atom stereocenters. The first-order chi connectivity index (χ1) is 9.70. The highest BCUT2D eigenvalue weighted by molar-refractivity contribution is 6.31. The first kappa shape index (κ1) is 14.9. The molecular formula is C15H16ClNO3. The number of carbonyl (C=O) groups excluding carboxylic acids is 1. The zero-order valence-electron chi connectivity index (χ0n) is 11.0. The average molecular weight is 294 g/mol. The van der Waals surface area contributed by atoms with Crippen LogP contribution in [0.4, 0.5) is 5.69 Å². The monoisotopic (exact) mass is 293 g/mol. The summed E-state index contributed by atoms with van der Waals surface area (Å²) >= 11 is 5.95. The van der Waals surface area contributed by atoms with Gasteiger partial charge >= 0.3 is 0 Å². The van der Waals surface area contributed by atoms with Crippen LogP contribution in [0.15, 0.2) is 18.2 Å². The lowest BCUT2D eigenvalue weighted by molar-refractivity contribution is -0.123. The molecule has 2 N–H and O–H groups in total. The Balaban J connectivity index is 2.14. The molecule has 20 heavy (non-hydrogen) atoms. The molecule has 1 aliphatic heterocycles. The van der Waals surface area contributed by atoms with Crippen molar-refractivity contribution in [1.82, 2.24) is 0 Å². The van der Waals surface area contributed by atoms with Crippen molar-refractivity contribution in [3.8, 4) is 11.8 Å². The maximum Gasteiger partial charge on any atom is 0.229 e. The molecule has 0 radical (unpaired) electrons. The van der Waals surface area contributed by atoms with Crippen LogP contribution >= 0.6 is 11.6 Å². The molecule has 5 heteroatoms. The lowest BCUT2D eigenvalue weighted by Crippen LogP contribution is -2.30. The second-order valence-electron chi connectivity index (χ2n) is 4.55. The molecule has 2 rings (SSSR count). The summed E-state index contributed by atoms with van der Waals surface area (Å²) in [5.74, 6) is 5.14. The summed E-state index contributed by atoms with van der Waals surface area (Å²) in [7, 11) is 0. The van der Waals surface area contributed by atoms with Gasteiger partial charge in [0.2, 0.25) is 5.91 Å². The molecule has 1 amide bonds. The Labute approximate surface area is 123 Å². The largest absolute Gasteiger partial charge is 0.384 e. The SMILES string of the molecule is O=C(Nc1cc(Cl)ccc1C#CCO)C1CCCOC1. The molecule has 0 bridgehead atoms. The van der Waals surface area contributed by atoms with Crippen molar-refractivity contribution in [1.29, 1.82) is 0 Å². The zero-order valence-corrected chi connectivity index (χ0v) is 11.7. The van der Waals surface area contributed by atoms with Crippen molar-refractivity contribution in [2.24, 2.45) is 5.92 Å². The highest BCUT2D eigenvalue weighted by Crippen LogP contribution is 2.22. The number of anilines is 1. The number of aliphatic hydroxyl groups excluding tert-OH is 1. The molecule has 4 nitrogen and oxygen atoms in total. The molecule has 1 aromatic carbocycles. The number of benzene rings is 1. The van der Waals surface area contributed by atoms with Gasteiger partial charge in [0.05, 0.1) is 18.2 Å². The zero-order chi connectivity index (χ0) is 14.4. The summed E-state index contributed by atoms with van der Waals surface area (Å²) in [5.41, 5.74) is 1.20. The van der Waals surface area contributed by atoms with Crippen molar-refractivity contribution in [2.45, 2.75) is 12.8 Å². The molecule has 1 saturated heterocycles. The third-order valence-electron chi connectivity index (χ3n) is 3.07. The van der Waals surface area contributed by atoms with E-state index >= 15 is 0 Å². The Kier molecular flexibility index (Phi) is 5.42. The number of aliphatic hydroxyl groups is 1. The van der Waals surface area contributed by atoms with E-state index in [1.165, 1.54) is 0 Å². The normalized spacial score (nSPS) is 18.0. The molecule has 0 aromatic heterocycles. The summed E-state index contributed by atoms with van der Waals surface area (Å²) in [6, 6.07) is 5.07. The van der Waals surface area contributed by atoms with Crippen LogP contribution in [-0.4, -0.2) is 30.8 Å². The van der Waals surface area contributed by atoms with Gasteiger partial charge in [0.15, 0.2) is 0 Å². The van der Waals surface area contributed by atoms with Crippen LogP contribution in [0.3, 0.4) is 0 Å². The van der Waals surface area contributed by atoms with E-state index in [-0.39, 0.29) is 18.4 Å². The van der Waals surface area contributed by atoms with Crippen molar-refractivity contribution in [2.75, 3.05) is 25.1 Å². The van der Waals surface area contributed by atoms with Gasteiger partial charge in [0.25, 0.3) is 0 Å². The van der Waals surface area contributed by atoms with Gasteiger partial charge in [-0.15, -0.1) is 0 Å². The molecule has 106 valence electrons. The maximum atomic E-state index is 12.2. The van der Waals surface area contributed by atoms with Gasteiger partial charge in [-0.1, -0.05) is 23.4 Å². The van der Waals surface area contributed by atoms with E-state index in [1.54, 1.807) is 18.2 Å². The Morgan fingerprint density at radius 3 is 3.10 bits per heavy atom. The van der Waals surface area contributed by atoms with E-state index in [2.05, 4.69) is 17.2 Å². The second kappa shape index (κ2) is 7.30. The lowest BCUT2D eigenvalue weighted by Gasteiger charge is -2.21. The number of nitrogens with one attached hydrogen (secondary N) is 1. The molecule has 0 saturated carbocycles. The van der Waals surface area contributed by atoms with Crippen molar-refractivity contribution >= 4 is 23.2 Å². The first-order valence-corrected chi connectivity index (χ1v) is 6.86. The van der Waals surface area contributed by atoms with E-state index in [4.69, 9.17) is 21.4 Å². The maximum absolute atomic E-state index is 12.2. The standard InChI is InChI=1S/C15H16ClNO3/c16-13-6-5-11(3-1-7-18)14(9-13)17-15(19)12-4-2-8-20-10-12/h5-6,9,12,18H,2,4,7-8,10H2,(H,17,19). The lowest BCUT2D eigenvalue weighted by atomic mass is 10.0. The van der Waals surface area contributed by atoms with Crippen molar-refractivity contribution in [3.05, 3.63) is 28.8 Å². The Morgan fingerprint density at radius 2 is 2.40 bits per heavy atom. The summed E-state index contributed by atoms with van der Waals surface area (Å²) in [6.07, 6.45) is 1.72. The highest BCUT2D eigenvalue weighted by atomic mass is 35.5. The fourth-order valence-electron chi connectivity index (χ4n) is 2.05.